The van der Waals surface area contributed by atoms with Gasteiger partial charge in [0, 0.05) is 51.4 Å². The van der Waals surface area contributed by atoms with Gasteiger partial charge in [0.25, 0.3) is 5.91 Å². The van der Waals surface area contributed by atoms with Gasteiger partial charge in [-0.2, -0.15) is 0 Å². The smallest absolute Gasteiger partial charge is 0.254 e. The van der Waals surface area contributed by atoms with Crippen molar-refractivity contribution < 1.29 is 9.53 Å². The summed E-state index contributed by atoms with van der Waals surface area (Å²) < 4.78 is 5.35. The quantitative estimate of drug-likeness (QED) is 0.791. The van der Waals surface area contributed by atoms with E-state index in [1.165, 1.54) is 5.56 Å². The molecule has 5 nitrogen and oxygen atoms in total. The zero-order chi connectivity index (χ0) is 19.3. The minimum absolute atomic E-state index is 0.105. The van der Waals surface area contributed by atoms with Crippen LogP contribution < -0.4 is 4.90 Å². The van der Waals surface area contributed by atoms with Crippen molar-refractivity contribution in [2.45, 2.75) is 6.54 Å². The minimum Gasteiger partial charge on any atom is -0.378 e. The number of morpholine rings is 1. The number of nitrogens with zero attached hydrogens (tertiary/aromatic N) is 3. The molecule has 0 radical (unpaired) electrons. The van der Waals surface area contributed by atoms with E-state index in [2.05, 4.69) is 21.9 Å². The van der Waals surface area contributed by atoms with Crippen LogP contribution in [0.3, 0.4) is 0 Å². The first-order valence-corrected chi connectivity index (χ1v) is 10.3. The number of piperazine rings is 1. The highest BCUT2D eigenvalue weighted by molar-refractivity contribution is 6.33. The lowest BCUT2D eigenvalue weighted by Gasteiger charge is -2.36. The third kappa shape index (κ3) is 4.49. The number of benzene rings is 2. The molecule has 148 valence electrons. The molecule has 0 spiro atoms. The predicted molar refractivity (Wildman–Crippen MR) is 112 cm³/mol. The Hall–Kier alpha value is -2.08. The molecule has 0 N–H and O–H groups in total. The van der Waals surface area contributed by atoms with Gasteiger partial charge in [-0.3, -0.25) is 9.69 Å². The van der Waals surface area contributed by atoms with Gasteiger partial charge < -0.3 is 14.5 Å². The molecule has 2 aliphatic heterocycles. The summed E-state index contributed by atoms with van der Waals surface area (Å²) in [6, 6.07) is 16.1. The van der Waals surface area contributed by atoms with Gasteiger partial charge in [-0.1, -0.05) is 35.9 Å². The first-order chi connectivity index (χ1) is 13.7. The summed E-state index contributed by atoms with van der Waals surface area (Å²) in [5.41, 5.74) is 3.07. The monoisotopic (exact) mass is 399 g/mol. The summed E-state index contributed by atoms with van der Waals surface area (Å²) in [6.45, 7) is 7.33. The number of rotatable bonds is 4. The second-order valence-electron chi connectivity index (χ2n) is 7.32. The molecule has 0 atom stereocenters. The Kier molecular flexibility index (Phi) is 6.15. The van der Waals surface area contributed by atoms with E-state index in [-0.39, 0.29) is 5.91 Å². The van der Waals surface area contributed by atoms with Crippen LogP contribution >= 0.6 is 11.6 Å². The normalized spacial score (nSPS) is 18.3. The second-order valence-corrected chi connectivity index (χ2v) is 7.73. The molecule has 2 aliphatic rings. The number of carbonyl (C=O) groups excluding carboxylic acids is 1. The lowest BCUT2D eigenvalue weighted by molar-refractivity contribution is 0.0303. The Balaban J connectivity index is 1.35. The summed E-state index contributed by atoms with van der Waals surface area (Å²) in [6.07, 6.45) is 0. The van der Waals surface area contributed by atoms with E-state index in [0.29, 0.717) is 26.3 Å². The van der Waals surface area contributed by atoms with Gasteiger partial charge in [0.15, 0.2) is 0 Å². The van der Waals surface area contributed by atoms with Crippen molar-refractivity contribution >= 4 is 23.2 Å². The van der Waals surface area contributed by atoms with Crippen LogP contribution in [0.4, 0.5) is 5.69 Å². The van der Waals surface area contributed by atoms with Crippen molar-refractivity contribution in [3.63, 3.8) is 0 Å². The molecule has 6 heteroatoms. The molecular formula is C22H26ClN3O2. The zero-order valence-electron chi connectivity index (χ0n) is 16.0. The zero-order valence-corrected chi connectivity index (χ0v) is 16.8. The van der Waals surface area contributed by atoms with E-state index >= 15 is 0 Å². The van der Waals surface area contributed by atoms with Crippen LogP contribution in [-0.2, 0) is 11.3 Å². The Morgan fingerprint density at radius 2 is 1.68 bits per heavy atom. The first kappa shape index (κ1) is 19.2. The minimum atomic E-state index is 0.105. The van der Waals surface area contributed by atoms with Gasteiger partial charge in [0.05, 0.1) is 23.9 Å². The number of carbonyl (C=O) groups is 1. The highest BCUT2D eigenvalue weighted by Crippen LogP contribution is 2.26. The van der Waals surface area contributed by atoms with Crippen LogP contribution in [0.25, 0.3) is 0 Å². The van der Waals surface area contributed by atoms with Crippen LogP contribution in [0.5, 0.6) is 0 Å². The average Bonchev–Trinajstić information content (AvgIpc) is 2.75. The molecular weight excluding hydrogens is 374 g/mol. The van der Waals surface area contributed by atoms with E-state index in [1.807, 2.05) is 41.3 Å². The van der Waals surface area contributed by atoms with Crippen LogP contribution in [0.2, 0.25) is 5.02 Å². The number of anilines is 1. The van der Waals surface area contributed by atoms with Crippen LogP contribution in [0.1, 0.15) is 15.9 Å². The Morgan fingerprint density at radius 1 is 0.929 bits per heavy atom. The SMILES string of the molecule is O=C(c1cccc(CN2CCN(c3ccccc3Cl)CC2)c1)N1CCOCC1. The molecule has 0 saturated carbocycles. The van der Waals surface area contributed by atoms with Gasteiger partial charge in [0.2, 0.25) is 0 Å². The van der Waals surface area contributed by atoms with Gasteiger partial charge in [-0.15, -0.1) is 0 Å². The summed E-state index contributed by atoms with van der Waals surface area (Å²) in [4.78, 5) is 19.4. The van der Waals surface area contributed by atoms with E-state index in [1.54, 1.807) is 0 Å². The number of para-hydroxylation sites is 1. The number of hydrogen-bond acceptors (Lipinski definition) is 4. The number of amides is 1. The molecule has 2 aromatic carbocycles. The van der Waals surface area contributed by atoms with Crippen molar-refractivity contribution in [2.75, 3.05) is 57.4 Å². The van der Waals surface area contributed by atoms with Crippen molar-refractivity contribution in [1.82, 2.24) is 9.80 Å². The molecule has 2 aromatic rings. The predicted octanol–water partition coefficient (Wildman–Crippen LogP) is 3.13. The third-order valence-electron chi connectivity index (χ3n) is 5.44. The van der Waals surface area contributed by atoms with E-state index in [0.717, 1.165) is 49.0 Å². The number of halogens is 1. The topological polar surface area (TPSA) is 36.0 Å². The van der Waals surface area contributed by atoms with Crippen molar-refractivity contribution in [2.24, 2.45) is 0 Å². The molecule has 0 unspecified atom stereocenters. The maximum Gasteiger partial charge on any atom is 0.254 e. The molecule has 0 aliphatic carbocycles. The standard InChI is InChI=1S/C22H26ClN3O2/c23-20-6-1-2-7-21(20)25-10-8-24(9-11-25)17-18-4-3-5-19(16-18)22(27)26-12-14-28-15-13-26/h1-7,16H,8-15,17H2. The summed E-state index contributed by atoms with van der Waals surface area (Å²) in [7, 11) is 0. The fourth-order valence-corrected chi connectivity index (χ4v) is 4.12. The number of hydrogen-bond donors (Lipinski definition) is 0. The summed E-state index contributed by atoms with van der Waals surface area (Å²) in [5.74, 6) is 0.105. The van der Waals surface area contributed by atoms with Gasteiger partial charge >= 0.3 is 0 Å². The Morgan fingerprint density at radius 3 is 2.43 bits per heavy atom. The molecule has 0 aromatic heterocycles. The average molecular weight is 400 g/mol. The fourth-order valence-electron chi connectivity index (χ4n) is 3.87. The third-order valence-corrected chi connectivity index (χ3v) is 5.76. The van der Waals surface area contributed by atoms with Gasteiger partial charge in [-0.05, 0) is 29.8 Å². The van der Waals surface area contributed by atoms with Crippen LogP contribution in [0.15, 0.2) is 48.5 Å². The van der Waals surface area contributed by atoms with Crippen molar-refractivity contribution in [1.29, 1.82) is 0 Å². The largest absolute Gasteiger partial charge is 0.378 e. The molecule has 4 rings (SSSR count). The highest BCUT2D eigenvalue weighted by Gasteiger charge is 2.21. The molecule has 28 heavy (non-hydrogen) atoms. The van der Waals surface area contributed by atoms with Gasteiger partial charge in [-0.25, -0.2) is 0 Å². The first-order valence-electron chi connectivity index (χ1n) is 9.88. The number of ether oxygens (including phenoxy) is 1. The van der Waals surface area contributed by atoms with Crippen LogP contribution in [-0.4, -0.2) is 68.2 Å². The van der Waals surface area contributed by atoms with E-state index < -0.39 is 0 Å². The lowest BCUT2D eigenvalue weighted by atomic mass is 10.1. The fraction of sp³-hybridized carbons (Fsp3) is 0.409. The van der Waals surface area contributed by atoms with E-state index in [9.17, 15) is 4.79 Å². The van der Waals surface area contributed by atoms with Crippen molar-refractivity contribution in [3.8, 4) is 0 Å². The summed E-state index contributed by atoms with van der Waals surface area (Å²) >= 11 is 6.34. The Labute approximate surface area is 171 Å². The maximum atomic E-state index is 12.7. The highest BCUT2D eigenvalue weighted by atomic mass is 35.5. The van der Waals surface area contributed by atoms with Gasteiger partial charge in [0.1, 0.15) is 0 Å². The maximum absolute atomic E-state index is 12.7. The van der Waals surface area contributed by atoms with Crippen molar-refractivity contribution in [3.05, 3.63) is 64.7 Å². The molecule has 2 heterocycles. The molecule has 2 fully saturated rings. The van der Waals surface area contributed by atoms with E-state index in [4.69, 9.17) is 16.3 Å². The molecule has 1 amide bonds. The van der Waals surface area contributed by atoms with Crippen LogP contribution in [0, 0.1) is 0 Å². The molecule has 0 bridgehead atoms. The second kappa shape index (κ2) is 8.95. The Bertz CT molecular complexity index is 815. The lowest BCUT2D eigenvalue weighted by Crippen LogP contribution is -2.46. The molecule has 2 saturated heterocycles. The summed E-state index contributed by atoms with van der Waals surface area (Å²) in [5, 5.41) is 0.810.